The molecule has 0 saturated heterocycles. The molecule has 0 aliphatic heterocycles. The Morgan fingerprint density at radius 2 is 2.06 bits per heavy atom. The first-order valence-corrected chi connectivity index (χ1v) is 6.27. The highest BCUT2D eigenvalue weighted by molar-refractivity contribution is 4.91. The van der Waals surface area contributed by atoms with E-state index in [1.807, 2.05) is 6.92 Å². The Kier molecular flexibility index (Phi) is 5.04. The molecule has 0 radical (unpaired) electrons. The smallest absolute Gasteiger partial charge is 0.327 e. The third-order valence-electron chi connectivity index (χ3n) is 3.69. The fourth-order valence-corrected chi connectivity index (χ4v) is 2.56. The maximum absolute atomic E-state index is 12.6. The summed E-state index contributed by atoms with van der Waals surface area (Å²) in [7, 11) is 0. The van der Waals surface area contributed by atoms with Gasteiger partial charge < -0.3 is 5.73 Å². The van der Waals surface area contributed by atoms with Gasteiger partial charge in [-0.1, -0.05) is 12.0 Å². The molecule has 4 heteroatoms. The van der Waals surface area contributed by atoms with Gasteiger partial charge in [-0.2, -0.15) is 13.2 Å². The average Bonchev–Trinajstić information content (AvgIpc) is 2.25. The molecular weight excluding hydrogens is 227 g/mol. The van der Waals surface area contributed by atoms with Crippen LogP contribution in [0.2, 0.25) is 0 Å². The topological polar surface area (TPSA) is 26.0 Å². The summed E-state index contributed by atoms with van der Waals surface area (Å²) in [5, 5.41) is 0. The van der Waals surface area contributed by atoms with Crippen LogP contribution in [0.4, 0.5) is 13.2 Å². The lowest BCUT2D eigenvalue weighted by molar-refractivity contribution is -0.186. The number of alkyl halides is 3. The standard InChI is InChI=1S/C13H22F3N/c1-9(2)6-7-12(17)10-4-3-5-11(8-10)13(14,15)16/h10-12H,1,3-8,17H2,2H3. The van der Waals surface area contributed by atoms with Crippen molar-refractivity contribution in [1.29, 1.82) is 0 Å². The first kappa shape index (κ1) is 14.6. The summed E-state index contributed by atoms with van der Waals surface area (Å²) in [6.07, 6.45) is -0.515. The van der Waals surface area contributed by atoms with E-state index in [1.54, 1.807) is 0 Å². The van der Waals surface area contributed by atoms with Crippen molar-refractivity contribution in [2.24, 2.45) is 17.6 Å². The Morgan fingerprint density at radius 3 is 2.59 bits per heavy atom. The van der Waals surface area contributed by atoms with Gasteiger partial charge in [0, 0.05) is 6.04 Å². The highest BCUT2D eigenvalue weighted by atomic mass is 19.4. The van der Waals surface area contributed by atoms with E-state index >= 15 is 0 Å². The van der Waals surface area contributed by atoms with Crippen LogP contribution >= 0.6 is 0 Å². The molecule has 1 rings (SSSR count). The van der Waals surface area contributed by atoms with Crippen molar-refractivity contribution in [2.75, 3.05) is 0 Å². The van der Waals surface area contributed by atoms with Gasteiger partial charge in [0.15, 0.2) is 0 Å². The van der Waals surface area contributed by atoms with Gasteiger partial charge in [-0.15, -0.1) is 6.58 Å². The van der Waals surface area contributed by atoms with E-state index in [4.69, 9.17) is 5.73 Å². The fourth-order valence-electron chi connectivity index (χ4n) is 2.56. The number of nitrogens with two attached hydrogens (primary N) is 1. The van der Waals surface area contributed by atoms with Gasteiger partial charge in [-0.25, -0.2) is 0 Å². The number of hydrogen-bond acceptors (Lipinski definition) is 1. The third-order valence-corrected chi connectivity index (χ3v) is 3.69. The maximum Gasteiger partial charge on any atom is 0.391 e. The van der Waals surface area contributed by atoms with Crippen molar-refractivity contribution in [2.45, 2.75) is 57.7 Å². The van der Waals surface area contributed by atoms with E-state index in [0.717, 1.165) is 24.8 Å². The summed E-state index contributed by atoms with van der Waals surface area (Å²) in [4.78, 5) is 0. The van der Waals surface area contributed by atoms with E-state index in [-0.39, 0.29) is 24.8 Å². The minimum Gasteiger partial charge on any atom is -0.327 e. The normalized spacial score (nSPS) is 27.8. The largest absolute Gasteiger partial charge is 0.391 e. The Morgan fingerprint density at radius 1 is 1.41 bits per heavy atom. The van der Waals surface area contributed by atoms with Gasteiger partial charge >= 0.3 is 6.18 Å². The summed E-state index contributed by atoms with van der Waals surface area (Å²) in [6.45, 7) is 5.71. The van der Waals surface area contributed by atoms with Crippen molar-refractivity contribution < 1.29 is 13.2 Å². The minimum absolute atomic E-state index is 0.0229. The van der Waals surface area contributed by atoms with E-state index < -0.39 is 12.1 Å². The molecule has 0 aromatic heterocycles. The molecule has 0 aromatic carbocycles. The van der Waals surface area contributed by atoms with Crippen LogP contribution in [-0.2, 0) is 0 Å². The molecule has 0 heterocycles. The first-order chi connectivity index (χ1) is 7.80. The average molecular weight is 249 g/mol. The van der Waals surface area contributed by atoms with Crippen LogP contribution < -0.4 is 5.73 Å². The maximum atomic E-state index is 12.6. The predicted molar refractivity (Wildman–Crippen MR) is 63.5 cm³/mol. The summed E-state index contributed by atoms with van der Waals surface area (Å²) in [6, 6.07) is -0.114. The molecule has 1 fully saturated rings. The molecule has 0 aromatic rings. The molecule has 0 amide bonds. The Bertz CT molecular complexity index is 260. The van der Waals surface area contributed by atoms with Gasteiger partial charge in [-0.05, 0) is 44.9 Å². The van der Waals surface area contributed by atoms with Crippen LogP contribution in [0, 0.1) is 11.8 Å². The lowest BCUT2D eigenvalue weighted by atomic mass is 9.76. The number of allylic oxidation sites excluding steroid dienone is 1. The quantitative estimate of drug-likeness (QED) is 0.748. The molecule has 100 valence electrons. The number of hydrogen-bond donors (Lipinski definition) is 1. The van der Waals surface area contributed by atoms with E-state index in [9.17, 15) is 13.2 Å². The van der Waals surface area contributed by atoms with E-state index in [0.29, 0.717) is 6.42 Å². The Balaban J connectivity index is 2.46. The second-order valence-corrected chi connectivity index (χ2v) is 5.32. The first-order valence-electron chi connectivity index (χ1n) is 6.27. The highest BCUT2D eigenvalue weighted by Crippen LogP contribution is 2.41. The zero-order valence-electron chi connectivity index (χ0n) is 10.4. The van der Waals surface area contributed by atoms with Crippen LogP contribution in [-0.4, -0.2) is 12.2 Å². The van der Waals surface area contributed by atoms with E-state index in [2.05, 4.69) is 6.58 Å². The molecule has 3 atom stereocenters. The minimum atomic E-state index is -4.05. The van der Waals surface area contributed by atoms with Crippen molar-refractivity contribution in [3.63, 3.8) is 0 Å². The van der Waals surface area contributed by atoms with Crippen molar-refractivity contribution in [3.8, 4) is 0 Å². The number of rotatable bonds is 4. The lowest BCUT2D eigenvalue weighted by Crippen LogP contribution is -2.37. The van der Waals surface area contributed by atoms with Crippen molar-refractivity contribution >= 4 is 0 Å². The number of halogens is 3. The SMILES string of the molecule is C=C(C)CCC(N)C1CCCC(C(F)(F)F)C1. The van der Waals surface area contributed by atoms with Gasteiger partial charge in [0.1, 0.15) is 0 Å². The zero-order valence-corrected chi connectivity index (χ0v) is 10.4. The van der Waals surface area contributed by atoms with Crippen LogP contribution in [0.25, 0.3) is 0 Å². The molecule has 1 saturated carbocycles. The van der Waals surface area contributed by atoms with E-state index in [1.165, 1.54) is 0 Å². The second-order valence-electron chi connectivity index (χ2n) is 5.32. The van der Waals surface area contributed by atoms with Crippen molar-refractivity contribution in [3.05, 3.63) is 12.2 Å². The lowest BCUT2D eigenvalue weighted by Gasteiger charge is -2.33. The Labute approximate surface area is 101 Å². The van der Waals surface area contributed by atoms with Crippen LogP contribution in [0.15, 0.2) is 12.2 Å². The molecule has 1 aliphatic carbocycles. The third kappa shape index (κ3) is 4.70. The second kappa shape index (κ2) is 5.89. The molecule has 0 spiro atoms. The van der Waals surface area contributed by atoms with Crippen LogP contribution in [0.3, 0.4) is 0 Å². The monoisotopic (exact) mass is 249 g/mol. The Hall–Kier alpha value is -0.510. The predicted octanol–water partition coefficient (Wildman–Crippen LogP) is 4.04. The summed E-state index contributed by atoms with van der Waals surface area (Å²) in [5.41, 5.74) is 7.04. The molecule has 1 nitrogen and oxygen atoms in total. The van der Waals surface area contributed by atoms with Gasteiger partial charge in [0.05, 0.1) is 5.92 Å². The molecule has 0 bridgehead atoms. The van der Waals surface area contributed by atoms with Gasteiger partial charge in [0.25, 0.3) is 0 Å². The fraction of sp³-hybridized carbons (Fsp3) is 0.846. The summed E-state index contributed by atoms with van der Waals surface area (Å²) in [5.74, 6) is -1.12. The molecule has 2 N–H and O–H groups in total. The molecule has 3 unspecified atom stereocenters. The summed E-state index contributed by atoms with van der Waals surface area (Å²) < 4.78 is 37.9. The molecule has 17 heavy (non-hydrogen) atoms. The summed E-state index contributed by atoms with van der Waals surface area (Å²) >= 11 is 0. The molecule has 1 aliphatic rings. The highest BCUT2D eigenvalue weighted by Gasteiger charge is 2.42. The van der Waals surface area contributed by atoms with Crippen molar-refractivity contribution in [1.82, 2.24) is 0 Å². The van der Waals surface area contributed by atoms with Crippen LogP contribution in [0.1, 0.15) is 45.4 Å². The zero-order chi connectivity index (χ0) is 13.1. The van der Waals surface area contributed by atoms with Gasteiger partial charge in [0.2, 0.25) is 0 Å². The van der Waals surface area contributed by atoms with Gasteiger partial charge in [-0.3, -0.25) is 0 Å². The van der Waals surface area contributed by atoms with Crippen LogP contribution in [0.5, 0.6) is 0 Å². The molecular formula is C13H22F3N.